The zero-order chi connectivity index (χ0) is 22.1. The van der Waals surface area contributed by atoms with E-state index in [-0.39, 0.29) is 12.8 Å². The van der Waals surface area contributed by atoms with E-state index in [1.165, 1.54) is 0 Å². The van der Waals surface area contributed by atoms with Crippen molar-refractivity contribution in [3.05, 3.63) is 0 Å². The fourth-order valence-corrected chi connectivity index (χ4v) is 3.27. The molecular formula is C22H37NO6. The molecule has 166 valence electrons. The number of carbonyl (C=O) groups is 4. The van der Waals surface area contributed by atoms with Crippen molar-refractivity contribution in [3.63, 3.8) is 0 Å². The van der Waals surface area contributed by atoms with Gasteiger partial charge in [-0.2, -0.15) is 0 Å². The van der Waals surface area contributed by atoms with Crippen molar-refractivity contribution in [2.45, 2.75) is 105 Å². The number of hydroxylamine groups is 2. The standard InChI is InChI=1S/C22H37NO6/c1-21(2,19(26)27)15-11-9-7-5-6-8-10-12-16-22(3,4)20(28)29-23-17(24)13-14-18(23)25/h5-16H2,1-4H3,(H,26,27). The van der Waals surface area contributed by atoms with Crippen LogP contribution in [-0.2, 0) is 24.0 Å². The summed E-state index contributed by atoms with van der Waals surface area (Å²) in [5.74, 6) is -2.18. The van der Waals surface area contributed by atoms with Crippen LogP contribution in [0.1, 0.15) is 105 Å². The van der Waals surface area contributed by atoms with Gasteiger partial charge in [0.2, 0.25) is 0 Å². The van der Waals surface area contributed by atoms with Crippen LogP contribution in [0.25, 0.3) is 0 Å². The number of carboxylic acid groups (broad SMARTS) is 1. The Morgan fingerprint density at radius 3 is 1.59 bits per heavy atom. The Morgan fingerprint density at radius 1 is 0.793 bits per heavy atom. The lowest BCUT2D eigenvalue weighted by Crippen LogP contribution is -2.37. The fraction of sp³-hybridized carbons (Fsp3) is 0.818. The summed E-state index contributed by atoms with van der Waals surface area (Å²) in [5.41, 5.74) is -1.37. The first kappa shape index (κ1) is 25.1. The molecule has 0 aliphatic carbocycles. The summed E-state index contributed by atoms with van der Waals surface area (Å²) in [5, 5.41) is 9.70. The Bertz CT molecular complexity index is 580. The van der Waals surface area contributed by atoms with Crippen LogP contribution in [-0.4, -0.2) is 33.9 Å². The molecule has 1 N–H and O–H groups in total. The highest BCUT2D eigenvalue weighted by molar-refractivity contribution is 6.01. The number of rotatable bonds is 14. The van der Waals surface area contributed by atoms with E-state index < -0.39 is 34.6 Å². The first-order valence-electron chi connectivity index (χ1n) is 10.8. The molecule has 1 heterocycles. The second kappa shape index (κ2) is 11.3. The normalized spacial score (nSPS) is 15.1. The van der Waals surface area contributed by atoms with Gasteiger partial charge in [0.1, 0.15) is 0 Å². The molecule has 0 atom stereocenters. The maximum Gasteiger partial charge on any atom is 0.338 e. The number of hydrogen-bond donors (Lipinski definition) is 1. The first-order valence-corrected chi connectivity index (χ1v) is 10.8. The molecule has 2 amide bonds. The summed E-state index contributed by atoms with van der Waals surface area (Å²) < 4.78 is 0. The summed E-state index contributed by atoms with van der Waals surface area (Å²) in [6, 6.07) is 0. The predicted molar refractivity (Wildman–Crippen MR) is 109 cm³/mol. The minimum Gasteiger partial charge on any atom is -0.481 e. The largest absolute Gasteiger partial charge is 0.481 e. The van der Waals surface area contributed by atoms with Crippen molar-refractivity contribution < 1.29 is 29.1 Å². The van der Waals surface area contributed by atoms with E-state index in [4.69, 9.17) is 9.94 Å². The summed E-state index contributed by atoms with van der Waals surface area (Å²) in [7, 11) is 0. The molecule has 0 aromatic rings. The number of imide groups is 1. The first-order chi connectivity index (χ1) is 13.5. The third kappa shape index (κ3) is 8.54. The van der Waals surface area contributed by atoms with Crippen LogP contribution in [0.4, 0.5) is 0 Å². The number of carboxylic acids is 1. The van der Waals surface area contributed by atoms with Gasteiger partial charge < -0.3 is 9.94 Å². The quantitative estimate of drug-likeness (QED) is 0.330. The molecule has 0 aromatic carbocycles. The van der Waals surface area contributed by atoms with Crippen LogP contribution in [0.2, 0.25) is 0 Å². The second-order valence-electron chi connectivity index (χ2n) is 9.36. The van der Waals surface area contributed by atoms with E-state index in [1.54, 1.807) is 27.7 Å². The van der Waals surface area contributed by atoms with E-state index in [9.17, 15) is 19.2 Å². The maximum absolute atomic E-state index is 12.3. The third-order valence-electron chi connectivity index (χ3n) is 5.67. The Kier molecular flexibility index (Phi) is 9.80. The Balaban J connectivity index is 2.10. The molecular weight excluding hydrogens is 374 g/mol. The minimum atomic E-state index is -0.736. The molecule has 0 aromatic heterocycles. The number of unbranched alkanes of at least 4 members (excludes halogenated alkanes) is 7. The average molecular weight is 412 g/mol. The van der Waals surface area contributed by atoms with Gasteiger partial charge in [-0.15, -0.1) is 5.06 Å². The van der Waals surface area contributed by atoms with Crippen LogP contribution in [0, 0.1) is 10.8 Å². The van der Waals surface area contributed by atoms with Gasteiger partial charge >= 0.3 is 11.9 Å². The molecule has 1 aliphatic heterocycles. The third-order valence-corrected chi connectivity index (χ3v) is 5.67. The molecule has 7 heteroatoms. The van der Waals surface area contributed by atoms with Crippen LogP contribution in [0.5, 0.6) is 0 Å². The maximum atomic E-state index is 12.3. The lowest BCUT2D eigenvalue weighted by atomic mass is 9.86. The number of nitrogens with zero attached hydrogens (tertiary/aromatic N) is 1. The predicted octanol–water partition coefficient (Wildman–Crippen LogP) is 4.63. The average Bonchev–Trinajstić information content (AvgIpc) is 2.94. The smallest absolute Gasteiger partial charge is 0.338 e. The number of aliphatic carboxylic acids is 1. The second-order valence-corrected chi connectivity index (χ2v) is 9.36. The van der Waals surface area contributed by atoms with Crippen molar-refractivity contribution >= 4 is 23.8 Å². The van der Waals surface area contributed by atoms with Crippen LogP contribution in [0.3, 0.4) is 0 Å². The Labute approximate surface area is 174 Å². The topological polar surface area (TPSA) is 101 Å². The molecule has 0 saturated carbocycles. The highest BCUT2D eigenvalue weighted by Crippen LogP contribution is 2.28. The number of amides is 2. The fourth-order valence-electron chi connectivity index (χ4n) is 3.27. The molecule has 0 bridgehead atoms. The van der Waals surface area contributed by atoms with Crippen LogP contribution >= 0.6 is 0 Å². The van der Waals surface area contributed by atoms with Crippen molar-refractivity contribution in [1.29, 1.82) is 0 Å². The summed E-state index contributed by atoms with van der Waals surface area (Å²) in [6.45, 7) is 7.10. The Morgan fingerprint density at radius 2 is 1.17 bits per heavy atom. The highest BCUT2D eigenvalue weighted by Gasteiger charge is 2.37. The van der Waals surface area contributed by atoms with Gasteiger partial charge in [-0.05, 0) is 40.5 Å². The van der Waals surface area contributed by atoms with Crippen molar-refractivity contribution in [3.8, 4) is 0 Å². The number of hydrogen-bond acceptors (Lipinski definition) is 5. The Hall–Kier alpha value is -1.92. The molecule has 1 saturated heterocycles. The van der Waals surface area contributed by atoms with Gasteiger partial charge in [0, 0.05) is 12.8 Å². The lowest BCUT2D eigenvalue weighted by molar-refractivity contribution is -0.204. The van der Waals surface area contributed by atoms with Gasteiger partial charge in [0.25, 0.3) is 11.8 Å². The zero-order valence-corrected chi connectivity index (χ0v) is 18.4. The molecule has 0 radical (unpaired) electrons. The molecule has 1 rings (SSSR count). The van der Waals surface area contributed by atoms with E-state index in [2.05, 4.69) is 0 Å². The molecule has 1 aliphatic rings. The van der Waals surface area contributed by atoms with E-state index >= 15 is 0 Å². The van der Waals surface area contributed by atoms with Gasteiger partial charge in [0.15, 0.2) is 0 Å². The van der Waals surface area contributed by atoms with E-state index in [0.29, 0.717) is 17.9 Å². The highest BCUT2D eigenvalue weighted by atomic mass is 16.7. The summed E-state index contributed by atoms with van der Waals surface area (Å²) >= 11 is 0. The van der Waals surface area contributed by atoms with Gasteiger partial charge in [-0.1, -0.05) is 51.4 Å². The zero-order valence-electron chi connectivity index (χ0n) is 18.4. The minimum absolute atomic E-state index is 0.101. The molecule has 0 spiro atoms. The van der Waals surface area contributed by atoms with Crippen LogP contribution < -0.4 is 0 Å². The summed E-state index contributed by atoms with van der Waals surface area (Å²) in [6.07, 6.45) is 9.94. The van der Waals surface area contributed by atoms with Gasteiger partial charge in [0.05, 0.1) is 10.8 Å². The molecule has 0 unspecified atom stereocenters. The van der Waals surface area contributed by atoms with E-state index in [0.717, 1.165) is 51.4 Å². The van der Waals surface area contributed by atoms with Crippen molar-refractivity contribution in [2.75, 3.05) is 0 Å². The molecule has 7 nitrogen and oxygen atoms in total. The monoisotopic (exact) mass is 411 g/mol. The van der Waals surface area contributed by atoms with Crippen LogP contribution in [0.15, 0.2) is 0 Å². The lowest BCUT2D eigenvalue weighted by Gasteiger charge is -2.24. The number of carbonyl (C=O) groups excluding carboxylic acids is 3. The van der Waals surface area contributed by atoms with Crippen molar-refractivity contribution in [1.82, 2.24) is 5.06 Å². The SMILES string of the molecule is CC(C)(CCCCCCCCCCC(C)(C)C(=O)ON1C(=O)CCC1=O)C(=O)O. The van der Waals surface area contributed by atoms with E-state index in [1.807, 2.05) is 0 Å². The van der Waals surface area contributed by atoms with Gasteiger partial charge in [-0.3, -0.25) is 14.4 Å². The molecule has 29 heavy (non-hydrogen) atoms. The summed E-state index contributed by atoms with van der Waals surface area (Å²) in [4.78, 5) is 51.5. The van der Waals surface area contributed by atoms with Gasteiger partial charge in [-0.25, -0.2) is 4.79 Å². The molecule has 1 fully saturated rings. The van der Waals surface area contributed by atoms with Crippen molar-refractivity contribution in [2.24, 2.45) is 10.8 Å².